The third-order valence-electron chi connectivity index (χ3n) is 2.38. The molecule has 0 aromatic carbocycles. The monoisotopic (exact) mass is 226 g/mol. The van der Waals surface area contributed by atoms with E-state index in [0.717, 1.165) is 0 Å². The Balaban J connectivity index is 3.44. The minimum atomic E-state index is -1.53. The maximum atomic E-state index is 10.9. The summed E-state index contributed by atoms with van der Waals surface area (Å²) in [5, 5.41) is 26.5. The molecule has 6 nitrogen and oxygen atoms in total. The van der Waals surface area contributed by atoms with Gasteiger partial charge in [-0.05, 0) is 12.3 Å². The molecule has 3 N–H and O–H groups in total. The second-order valence-electron chi connectivity index (χ2n) is 3.46. The molecule has 6 heteroatoms. The van der Waals surface area contributed by atoms with Crippen molar-refractivity contribution in [2.24, 2.45) is 5.92 Å². The Hall–Kier alpha value is -2.11. The fourth-order valence-corrected chi connectivity index (χ4v) is 1.65. The topological polar surface area (TPSA) is 112 Å². The van der Waals surface area contributed by atoms with Gasteiger partial charge in [0.05, 0.1) is 16.7 Å². The molecule has 16 heavy (non-hydrogen) atoms. The summed E-state index contributed by atoms with van der Waals surface area (Å²) in [4.78, 5) is 32.6. The van der Waals surface area contributed by atoms with Crippen molar-refractivity contribution in [3.05, 3.63) is 22.8 Å². The largest absolute Gasteiger partial charge is 0.478 e. The van der Waals surface area contributed by atoms with Crippen molar-refractivity contribution >= 4 is 17.9 Å². The first-order valence-electron chi connectivity index (χ1n) is 4.50. The van der Waals surface area contributed by atoms with Crippen LogP contribution in [0, 0.1) is 5.92 Å². The van der Waals surface area contributed by atoms with E-state index in [-0.39, 0.29) is 12.0 Å². The van der Waals surface area contributed by atoms with Crippen LogP contribution in [0.5, 0.6) is 0 Å². The minimum absolute atomic E-state index is 0.208. The molecule has 0 aliphatic heterocycles. The van der Waals surface area contributed by atoms with Crippen molar-refractivity contribution in [3.63, 3.8) is 0 Å². The van der Waals surface area contributed by atoms with Crippen LogP contribution in [0.2, 0.25) is 0 Å². The van der Waals surface area contributed by atoms with Gasteiger partial charge in [0, 0.05) is 0 Å². The molecule has 0 amide bonds. The molecule has 0 bridgehead atoms. The predicted molar refractivity (Wildman–Crippen MR) is 51.8 cm³/mol. The molecule has 0 spiro atoms. The molecular weight excluding hydrogens is 216 g/mol. The highest BCUT2D eigenvalue weighted by molar-refractivity contribution is 6.11. The van der Waals surface area contributed by atoms with Crippen LogP contribution in [-0.4, -0.2) is 33.2 Å². The summed E-state index contributed by atoms with van der Waals surface area (Å²) in [5.41, 5.74) is -1.44. The van der Waals surface area contributed by atoms with E-state index >= 15 is 0 Å². The zero-order valence-corrected chi connectivity index (χ0v) is 8.43. The van der Waals surface area contributed by atoms with Gasteiger partial charge in [-0.25, -0.2) is 14.4 Å². The molecule has 0 heterocycles. The summed E-state index contributed by atoms with van der Waals surface area (Å²) in [6.45, 7) is 1.54. The van der Waals surface area contributed by atoms with Gasteiger partial charge in [-0.2, -0.15) is 0 Å². The lowest BCUT2D eigenvalue weighted by Crippen LogP contribution is -2.24. The van der Waals surface area contributed by atoms with Crippen molar-refractivity contribution in [2.75, 3.05) is 0 Å². The number of aliphatic carboxylic acids is 3. The average Bonchev–Trinajstić information content (AvgIpc) is 2.15. The van der Waals surface area contributed by atoms with E-state index in [0.29, 0.717) is 0 Å². The molecule has 0 saturated carbocycles. The van der Waals surface area contributed by atoms with Crippen LogP contribution in [-0.2, 0) is 14.4 Å². The number of hydrogen-bond acceptors (Lipinski definition) is 3. The summed E-state index contributed by atoms with van der Waals surface area (Å²) < 4.78 is 0. The summed E-state index contributed by atoms with van der Waals surface area (Å²) in [6, 6.07) is 0. The van der Waals surface area contributed by atoms with Gasteiger partial charge >= 0.3 is 17.9 Å². The molecule has 1 unspecified atom stereocenters. The molecule has 0 fully saturated rings. The van der Waals surface area contributed by atoms with Gasteiger partial charge in [-0.1, -0.05) is 13.0 Å². The normalized spacial score (nSPS) is 20.3. The zero-order chi connectivity index (χ0) is 12.5. The van der Waals surface area contributed by atoms with Crippen LogP contribution in [0.3, 0.4) is 0 Å². The number of allylic oxidation sites excluding steroid dienone is 1. The highest BCUT2D eigenvalue weighted by Crippen LogP contribution is 2.30. The lowest BCUT2D eigenvalue weighted by molar-refractivity contribution is -0.137. The van der Waals surface area contributed by atoms with Crippen LogP contribution in [0.15, 0.2) is 22.8 Å². The molecule has 0 saturated heterocycles. The Bertz CT molecular complexity index is 429. The fourth-order valence-electron chi connectivity index (χ4n) is 1.65. The first-order chi connectivity index (χ1) is 7.36. The van der Waals surface area contributed by atoms with E-state index in [1.165, 1.54) is 6.08 Å². The summed E-state index contributed by atoms with van der Waals surface area (Å²) in [5.74, 6) is -4.86. The first kappa shape index (κ1) is 12.0. The number of hydrogen-bond donors (Lipinski definition) is 3. The fraction of sp³-hybridized carbons (Fsp3) is 0.300. The Morgan fingerprint density at radius 2 is 1.69 bits per heavy atom. The maximum Gasteiger partial charge on any atom is 0.337 e. The van der Waals surface area contributed by atoms with Gasteiger partial charge in [0.15, 0.2) is 0 Å². The molecule has 86 valence electrons. The van der Waals surface area contributed by atoms with E-state index in [4.69, 9.17) is 15.3 Å². The number of carboxylic acids is 3. The summed E-state index contributed by atoms with van der Waals surface area (Å²) >= 11 is 0. The Morgan fingerprint density at radius 3 is 2.06 bits per heavy atom. The van der Waals surface area contributed by atoms with Crippen LogP contribution in [0.4, 0.5) is 0 Å². The summed E-state index contributed by atoms with van der Waals surface area (Å²) in [6.07, 6.45) is 1.45. The Kier molecular flexibility index (Phi) is 3.12. The van der Waals surface area contributed by atoms with Crippen molar-refractivity contribution in [1.29, 1.82) is 0 Å². The van der Waals surface area contributed by atoms with E-state index in [1.807, 2.05) is 0 Å². The molecule has 1 aliphatic carbocycles. The van der Waals surface area contributed by atoms with Crippen LogP contribution in [0.1, 0.15) is 13.3 Å². The van der Waals surface area contributed by atoms with Gasteiger partial charge in [-0.15, -0.1) is 0 Å². The van der Waals surface area contributed by atoms with E-state index in [1.54, 1.807) is 6.92 Å². The lowest BCUT2D eigenvalue weighted by atomic mass is 9.84. The van der Waals surface area contributed by atoms with Crippen LogP contribution >= 0.6 is 0 Å². The van der Waals surface area contributed by atoms with Crippen LogP contribution in [0.25, 0.3) is 0 Å². The first-order valence-corrected chi connectivity index (χ1v) is 4.50. The second-order valence-corrected chi connectivity index (χ2v) is 3.46. The van der Waals surface area contributed by atoms with E-state index < -0.39 is 35.0 Å². The molecule has 0 aromatic heterocycles. The predicted octanol–water partition coefficient (Wildman–Crippen LogP) is 0.503. The second kappa shape index (κ2) is 4.18. The Morgan fingerprint density at radius 1 is 1.12 bits per heavy atom. The quantitative estimate of drug-likeness (QED) is 0.646. The van der Waals surface area contributed by atoms with Crippen molar-refractivity contribution in [1.82, 2.24) is 0 Å². The minimum Gasteiger partial charge on any atom is -0.478 e. The van der Waals surface area contributed by atoms with E-state index in [9.17, 15) is 14.4 Å². The van der Waals surface area contributed by atoms with Gasteiger partial charge < -0.3 is 15.3 Å². The van der Waals surface area contributed by atoms with Crippen molar-refractivity contribution in [2.45, 2.75) is 13.3 Å². The van der Waals surface area contributed by atoms with E-state index in [2.05, 4.69) is 0 Å². The third kappa shape index (κ3) is 1.95. The third-order valence-corrected chi connectivity index (χ3v) is 2.38. The molecule has 1 aliphatic rings. The number of carbonyl (C=O) groups is 3. The standard InChI is InChI=1S/C10H10O6/c1-4-2-3-5(8(11)12)7(10(15)16)6(4)9(13)14/h3-4H,2H2,1H3,(H,11,12)(H,13,14)(H,15,16). The molecule has 0 radical (unpaired) electrons. The Labute approximate surface area is 90.5 Å². The summed E-state index contributed by atoms with van der Waals surface area (Å²) in [7, 11) is 0. The smallest absolute Gasteiger partial charge is 0.337 e. The zero-order valence-electron chi connectivity index (χ0n) is 8.43. The number of carboxylic acid groups (broad SMARTS) is 3. The molecular formula is C10H10O6. The van der Waals surface area contributed by atoms with Crippen molar-refractivity contribution < 1.29 is 29.7 Å². The molecule has 1 rings (SSSR count). The molecule has 1 atom stereocenters. The highest BCUT2D eigenvalue weighted by Gasteiger charge is 2.33. The molecule has 0 aromatic rings. The van der Waals surface area contributed by atoms with Gasteiger partial charge in [-0.3, -0.25) is 0 Å². The van der Waals surface area contributed by atoms with Crippen LogP contribution < -0.4 is 0 Å². The number of rotatable bonds is 3. The SMILES string of the molecule is CC1CC=C(C(=O)O)C(C(=O)O)=C1C(=O)O. The lowest BCUT2D eigenvalue weighted by Gasteiger charge is -2.19. The highest BCUT2D eigenvalue weighted by atomic mass is 16.4. The van der Waals surface area contributed by atoms with Gasteiger partial charge in [0.25, 0.3) is 0 Å². The average molecular weight is 226 g/mol. The van der Waals surface area contributed by atoms with Gasteiger partial charge in [0.1, 0.15) is 0 Å². The van der Waals surface area contributed by atoms with Crippen molar-refractivity contribution in [3.8, 4) is 0 Å². The maximum absolute atomic E-state index is 10.9. The van der Waals surface area contributed by atoms with Gasteiger partial charge in [0.2, 0.25) is 0 Å².